The van der Waals surface area contributed by atoms with E-state index in [0.717, 1.165) is 6.42 Å². The molecule has 0 N–H and O–H groups in total. The normalized spacial score (nSPS) is 11.3. The summed E-state index contributed by atoms with van der Waals surface area (Å²) in [5.41, 5.74) is 9.03. The predicted octanol–water partition coefficient (Wildman–Crippen LogP) is 10.2. The molecular formula is C38H36. The molecule has 0 heteroatoms. The molecule has 0 bridgehead atoms. The van der Waals surface area contributed by atoms with Crippen LogP contribution in [0, 0.1) is 12.8 Å². The Bertz CT molecular complexity index is 1350. The molecule has 0 amide bonds. The van der Waals surface area contributed by atoms with Gasteiger partial charge in [-0.05, 0) is 52.7 Å². The first-order valence-electron chi connectivity index (χ1n) is 13.3. The van der Waals surface area contributed by atoms with E-state index in [0.29, 0.717) is 5.92 Å². The molecule has 5 rings (SSSR count). The van der Waals surface area contributed by atoms with E-state index in [-0.39, 0.29) is 0 Å². The molecule has 0 spiro atoms. The van der Waals surface area contributed by atoms with Gasteiger partial charge in [-0.1, -0.05) is 176 Å². The number of allylic oxidation sites excluding steroid dienone is 1. The van der Waals surface area contributed by atoms with Gasteiger partial charge in [0, 0.05) is 0 Å². The fraction of sp³-hybridized carbons (Fsp3) is 0.105. The van der Waals surface area contributed by atoms with Crippen molar-refractivity contribution in [3.63, 3.8) is 0 Å². The Balaban J connectivity index is 0.000000194. The van der Waals surface area contributed by atoms with Gasteiger partial charge >= 0.3 is 0 Å². The standard InChI is InChI=1S/C23H22.C15H14/c1-19(17-20-11-5-2-6-12-20)18-23(21-13-7-3-8-14-21)22-15-9-4-10-16-22;1-13-7-9-15(10-8-13)12-11-14-5-3-2-4-6-14/h2-16,18-19H,17H2,1H3;2-12H,1H3/b;12-11+. The summed E-state index contributed by atoms with van der Waals surface area (Å²) in [6, 6.07) is 50.9. The zero-order valence-electron chi connectivity index (χ0n) is 22.4. The number of benzene rings is 5. The first kappa shape index (κ1) is 26.6. The molecule has 0 aliphatic rings. The van der Waals surface area contributed by atoms with Gasteiger partial charge in [0.2, 0.25) is 0 Å². The second kappa shape index (κ2) is 14.4. The first-order chi connectivity index (χ1) is 18.7. The fourth-order valence-electron chi connectivity index (χ4n) is 4.36. The van der Waals surface area contributed by atoms with E-state index in [9.17, 15) is 0 Å². The van der Waals surface area contributed by atoms with Crippen molar-refractivity contribution in [3.05, 3.63) is 185 Å². The van der Waals surface area contributed by atoms with Crippen LogP contribution in [0.5, 0.6) is 0 Å². The number of hydrogen-bond donors (Lipinski definition) is 0. The molecule has 0 saturated carbocycles. The van der Waals surface area contributed by atoms with Gasteiger partial charge in [0.05, 0.1) is 0 Å². The van der Waals surface area contributed by atoms with E-state index in [1.807, 2.05) is 6.07 Å². The van der Waals surface area contributed by atoms with E-state index in [4.69, 9.17) is 0 Å². The molecule has 0 fully saturated rings. The monoisotopic (exact) mass is 492 g/mol. The average molecular weight is 493 g/mol. The molecule has 0 radical (unpaired) electrons. The molecule has 0 aromatic heterocycles. The zero-order chi connectivity index (χ0) is 26.4. The molecule has 0 nitrogen and oxygen atoms in total. The maximum Gasteiger partial charge on any atom is -0.0149 e. The van der Waals surface area contributed by atoms with Crippen LogP contribution in [0.15, 0.2) is 152 Å². The summed E-state index contributed by atoms with van der Waals surface area (Å²) in [5, 5.41) is 0. The Morgan fingerprint density at radius 1 is 0.526 bits per heavy atom. The third-order valence-electron chi connectivity index (χ3n) is 6.37. The highest BCUT2D eigenvalue weighted by atomic mass is 14.1. The highest BCUT2D eigenvalue weighted by molar-refractivity contribution is 5.79. The predicted molar refractivity (Wildman–Crippen MR) is 166 cm³/mol. The van der Waals surface area contributed by atoms with Gasteiger partial charge in [-0.25, -0.2) is 0 Å². The molecule has 0 aliphatic carbocycles. The van der Waals surface area contributed by atoms with Gasteiger partial charge in [0.1, 0.15) is 0 Å². The van der Waals surface area contributed by atoms with Crippen LogP contribution < -0.4 is 0 Å². The maximum atomic E-state index is 2.40. The Morgan fingerprint density at radius 2 is 0.947 bits per heavy atom. The Kier molecular flexibility index (Phi) is 10.1. The van der Waals surface area contributed by atoms with Crippen LogP contribution in [-0.2, 0) is 6.42 Å². The summed E-state index contributed by atoms with van der Waals surface area (Å²) in [6.45, 7) is 4.39. The maximum absolute atomic E-state index is 2.40. The molecule has 5 aromatic rings. The summed E-state index contributed by atoms with van der Waals surface area (Å²) in [7, 11) is 0. The lowest BCUT2D eigenvalue weighted by Crippen LogP contribution is -1.98. The summed E-state index contributed by atoms with van der Waals surface area (Å²) in [4.78, 5) is 0. The van der Waals surface area contributed by atoms with Crippen molar-refractivity contribution >= 4 is 17.7 Å². The van der Waals surface area contributed by atoms with Gasteiger partial charge in [-0.15, -0.1) is 0 Å². The molecule has 5 aromatic carbocycles. The first-order valence-corrected chi connectivity index (χ1v) is 13.3. The van der Waals surface area contributed by atoms with Crippen molar-refractivity contribution in [2.75, 3.05) is 0 Å². The lowest BCUT2D eigenvalue weighted by molar-refractivity contribution is 0.725. The summed E-state index contributed by atoms with van der Waals surface area (Å²) in [6.07, 6.45) is 7.72. The topological polar surface area (TPSA) is 0 Å². The van der Waals surface area contributed by atoms with Crippen LogP contribution in [0.2, 0.25) is 0 Å². The van der Waals surface area contributed by atoms with E-state index >= 15 is 0 Å². The van der Waals surface area contributed by atoms with Crippen LogP contribution >= 0.6 is 0 Å². The summed E-state index contributed by atoms with van der Waals surface area (Å²) in [5.74, 6) is 0.479. The second-order valence-corrected chi connectivity index (χ2v) is 9.63. The molecule has 1 unspecified atom stereocenters. The summed E-state index contributed by atoms with van der Waals surface area (Å²) >= 11 is 0. The summed E-state index contributed by atoms with van der Waals surface area (Å²) < 4.78 is 0. The molecule has 1 atom stereocenters. The van der Waals surface area contributed by atoms with Gasteiger partial charge in [-0.3, -0.25) is 0 Å². The van der Waals surface area contributed by atoms with Crippen molar-refractivity contribution in [2.45, 2.75) is 20.3 Å². The van der Waals surface area contributed by atoms with E-state index in [2.05, 4.69) is 172 Å². The lowest BCUT2D eigenvalue weighted by atomic mass is 9.92. The smallest absolute Gasteiger partial charge is 0.0149 e. The minimum absolute atomic E-state index is 0.479. The second-order valence-electron chi connectivity index (χ2n) is 9.63. The number of aryl methyl sites for hydroxylation is 1. The molecular weight excluding hydrogens is 456 g/mol. The highest BCUT2D eigenvalue weighted by Crippen LogP contribution is 2.26. The van der Waals surface area contributed by atoms with Crippen molar-refractivity contribution < 1.29 is 0 Å². The van der Waals surface area contributed by atoms with Crippen molar-refractivity contribution in [2.24, 2.45) is 5.92 Å². The van der Waals surface area contributed by atoms with Crippen molar-refractivity contribution in [1.82, 2.24) is 0 Å². The van der Waals surface area contributed by atoms with Crippen molar-refractivity contribution in [3.8, 4) is 0 Å². The molecule has 0 saturated heterocycles. The van der Waals surface area contributed by atoms with E-state index in [1.54, 1.807) is 0 Å². The number of rotatable bonds is 7. The van der Waals surface area contributed by atoms with Crippen LogP contribution in [0.4, 0.5) is 0 Å². The van der Waals surface area contributed by atoms with E-state index < -0.39 is 0 Å². The lowest BCUT2D eigenvalue weighted by Gasteiger charge is -2.13. The van der Waals surface area contributed by atoms with Crippen LogP contribution in [0.1, 0.15) is 40.3 Å². The van der Waals surface area contributed by atoms with Gasteiger partial charge in [0.25, 0.3) is 0 Å². The number of hydrogen-bond acceptors (Lipinski definition) is 0. The molecule has 0 heterocycles. The van der Waals surface area contributed by atoms with Crippen LogP contribution in [-0.4, -0.2) is 0 Å². The fourth-order valence-corrected chi connectivity index (χ4v) is 4.36. The van der Waals surface area contributed by atoms with Crippen LogP contribution in [0.25, 0.3) is 17.7 Å². The largest absolute Gasteiger partial charge is 0.0729 e. The molecule has 0 aliphatic heterocycles. The third-order valence-corrected chi connectivity index (χ3v) is 6.37. The minimum atomic E-state index is 0.479. The average Bonchev–Trinajstić information content (AvgIpc) is 2.98. The minimum Gasteiger partial charge on any atom is -0.0729 e. The van der Waals surface area contributed by atoms with Crippen molar-refractivity contribution in [1.29, 1.82) is 0 Å². The van der Waals surface area contributed by atoms with Gasteiger partial charge < -0.3 is 0 Å². The quantitative estimate of drug-likeness (QED) is 0.198. The Morgan fingerprint density at radius 3 is 1.45 bits per heavy atom. The molecule has 38 heavy (non-hydrogen) atoms. The third kappa shape index (κ3) is 8.61. The molecule has 188 valence electrons. The Labute approximate surface area is 228 Å². The van der Waals surface area contributed by atoms with Gasteiger partial charge in [-0.2, -0.15) is 0 Å². The zero-order valence-corrected chi connectivity index (χ0v) is 22.4. The van der Waals surface area contributed by atoms with Crippen LogP contribution in [0.3, 0.4) is 0 Å². The van der Waals surface area contributed by atoms with Gasteiger partial charge in [0.15, 0.2) is 0 Å². The Hall–Kier alpha value is -4.42. The van der Waals surface area contributed by atoms with E-state index in [1.165, 1.54) is 39.0 Å². The highest BCUT2D eigenvalue weighted by Gasteiger charge is 2.08. The SMILES string of the molecule is CC(C=C(c1ccccc1)c1ccccc1)Cc1ccccc1.Cc1ccc(/C=C/c2ccccc2)cc1.